The zero-order chi connectivity index (χ0) is 22.7. The standard InChI is InChI=1S/C22H15FN4O4S/c1-31-18-4-2-3-15(11-18)21(28)26(22-25-19-10-7-16(23)12-20(19)32-22)24-13-14-5-8-17(9-6-14)27(29)30/h2-13H,1H3/b24-13+. The van der Waals surface area contributed by atoms with Gasteiger partial charge in [0.15, 0.2) is 0 Å². The van der Waals surface area contributed by atoms with Crippen molar-refractivity contribution in [3.05, 3.63) is 93.8 Å². The normalized spacial score (nSPS) is 11.1. The molecular formula is C22H15FN4O4S. The smallest absolute Gasteiger partial charge is 0.280 e. The molecule has 10 heteroatoms. The maximum Gasteiger partial charge on any atom is 0.280 e. The molecule has 32 heavy (non-hydrogen) atoms. The Balaban J connectivity index is 1.74. The van der Waals surface area contributed by atoms with Gasteiger partial charge in [-0.2, -0.15) is 10.1 Å². The largest absolute Gasteiger partial charge is 0.497 e. The van der Waals surface area contributed by atoms with E-state index < -0.39 is 16.6 Å². The van der Waals surface area contributed by atoms with E-state index in [9.17, 15) is 19.3 Å². The van der Waals surface area contributed by atoms with Gasteiger partial charge in [0.1, 0.15) is 11.6 Å². The molecule has 0 saturated carbocycles. The van der Waals surface area contributed by atoms with Crippen LogP contribution >= 0.6 is 11.3 Å². The molecule has 3 aromatic carbocycles. The van der Waals surface area contributed by atoms with Crippen molar-refractivity contribution in [1.29, 1.82) is 0 Å². The van der Waals surface area contributed by atoms with E-state index in [1.165, 1.54) is 55.8 Å². The van der Waals surface area contributed by atoms with E-state index in [1.807, 2.05) is 0 Å². The number of rotatable bonds is 6. The summed E-state index contributed by atoms with van der Waals surface area (Å²) in [6.45, 7) is 0. The lowest BCUT2D eigenvalue weighted by Crippen LogP contribution is -2.25. The van der Waals surface area contributed by atoms with Gasteiger partial charge in [-0.1, -0.05) is 17.4 Å². The Labute approximate surface area is 185 Å². The van der Waals surface area contributed by atoms with Gasteiger partial charge >= 0.3 is 0 Å². The summed E-state index contributed by atoms with van der Waals surface area (Å²) in [6.07, 6.45) is 1.40. The highest BCUT2D eigenvalue weighted by molar-refractivity contribution is 7.22. The highest BCUT2D eigenvalue weighted by Crippen LogP contribution is 2.31. The minimum atomic E-state index is -0.500. The van der Waals surface area contributed by atoms with Crippen LogP contribution < -0.4 is 9.75 Å². The van der Waals surface area contributed by atoms with Gasteiger partial charge in [-0.15, -0.1) is 0 Å². The van der Waals surface area contributed by atoms with Crippen LogP contribution in [-0.4, -0.2) is 29.1 Å². The predicted octanol–water partition coefficient (Wildman–Crippen LogP) is 5.03. The third kappa shape index (κ3) is 4.44. The van der Waals surface area contributed by atoms with E-state index in [2.05, 4.69) is 10.1 Å². The maximum absolute atomic E-state index is 13.6. The molecule has 0 aliphatic heterocycles. The Kier molecular flexibility index (Phi) is 5.86. The number of nitro groups is 1. The van der Waals surface area contributed by atoms with Gasteiger partial charge in [-0.25, -0.2) is 9.37 Å². The number of hydrazone groups is 1. The third-order valence-electron chi connectivity index (χ3n) is 4.46. The fourth-order valence-corrected chi connectivity index (χ4v) is 3.80. The number of carbonyl (C=O) groups excluding carboxylic acids is 1. The van der Waals surface area contributed by atoms with Gasteiger partial charge in [0.25, 0.3) is 11.6 Å². The molecule has 0 N–H and O–H groups in total. The molecule has 1 heterocycles. The third-order valence-corrected chi connectivity index (χ3v) is 5.45. The number of amides is 1. The molecule has 0 unspecified atom stereocenters. The zero-order valence-electron chi connectivity index (χ0n) is 16.6. The number of carbonyl (C=O) groups is 1. The quantitative estimate of drug-likeness (QED) is 0.233. The second kappa shape index (κ2) is 8.90. The number of aromatic nitrogens is 1. The summed E-state index contributed by atoms with van der Waals surface area (Å²) in [5.41, 5.74) is 1.34. The van der Waals surface area contributed by atoms with Gasteiger partial charge in [0.2, 0.25) is 5.13 Å². The molecule has 1 amide bonds. The van der Waals surface area contributed by atoms with Crippen molar-refractivity contribution in [3.8, 4) is 5.75 Å². The van der Waals surface area contributed by atoms with E-state index >= 15 is 0 Å². The van der Waals surface area contributed by atoms with Crippen molar-refractivity contribution in [2.45, 2.75) is 0 Å². The molecule has 0 radical (unpaired) electrons. The first-order valence-corrected chi connectivity index (χ1v) is 10.1. The number of hydrogen-bond donors (Lipinski definition) is 0. The summed E-state index contributed by atoms with van der Waals surface area (Å²) in [6, 6.07) is 16.5. The van der Waals surface area contributed by atoms with Gasteiger partial charge in [0, 0.05) is 17.7 Å². The van der Waals surface area contributed by atoms with Crippen LogP contribution in [0.3, 0.4) is 0 Å². The fourth-order valence-electron chi connectivity index (χ4n) is 2.85. The highest BCUT2D eigenvalue weighted by atomic mass is 32.1. The number of non-ortho nitro benzene ring substituents is 1. The van der Waals surface area contributed by atoms with Crippen molar-refractivity contribution in [2.75, 3.05) is 12.1 Å². The summed E-state index contributed by atoms with van der Waals surface area (Å²) < 4.78 is 19.4. The number of nitro benzene ring substituents is 1. The lowest BCUT2D eigenvalue weighted by Gasteiger charge is -2.14. The van der Waals surface area contributed by atoms with Gasteiger partial charge in [-0.05, 0) is 54.1 Å². The molecule has 1 aromatic heterocycles. The number of benzene rings is 3. The Morgan fingerprint density at radius 2 is 1.97 bits per heavy atom. The van der Waals surface area contributed by atoms with Crippen LogP contribution in [0.15, 0.2) is 71.8 Å². The lowest BCUT2D eigenvalue weighted by molar-refractivity contribution is -0.384. The zero-order valence-corrected chi connectivity index (χ0v) is 17.5. The van der Waals surface area contributed by atoms with Gasteiger partial charge in [0.05, 0.1) is 28.5 Å². The van der Waals surface area contributed by atoms with Crippen LogP contribution in [0.2, 0.25) is 0 Å². The number of methoxy groups -OCH3 is 1. The number of hydrogen-bond acceptors (Lipinski definition) is 7. The van der Waals surface area contributed by atoms with Crippen LogP contribution in [0.5, 0.6) is 5.75 Å². The molecule has 8 nitrogen and oxygen atoms in total. The number of halogens is 1. The SMILES string of the molecule is COc1cccc(C(=O)N(/N=C/c2ccc([N+](=O)[O-])cc2)c2nc3ccc(F)cc3s2)c1. The first-order valence-electron chi connectivity index (χ1n) is 9.27. The average molecular weight is 450 g/mol. The lowest BCUT2D eigenvalue weighted by atomic mass is 10.2. The number of thiazole rings is 1. The molecule has 4 aromatic rings. The number of fused-ring (bicyclic) bond motifs is 1. The van der Waals surface area contributed by atoms with E-state index in [0.29, 0.717) is 27.1 Å². The van der Waals surface area contributed by atoms with Crippen LogP contribution in [0.1, 0.15) is 15.9 Å². The minimum absolute atomic E-state index is 0.0559. The fraction of sp³-hybridized carbons (Fsp3) is 0.0455. The van der Waals surface area contributed by atoms with Crippen LogP contribution in [-0.2, 0) is 0 Å². The number of ether oxygens (including phenoxy) is 1. The van der Waals surface area contributed by atoms with E-state index in [-0.39, 0.29) is 10.8 Å². The Bertz CT molecular complexity index is 1340. The topological polar surface area (TPSA) is 97.9 Å². The molecule has 0 bridgehead atoms. The van der Waals surface area contributed by atoms with E-state index in [0.717, 1.165) is 16.3 Å². The maximum atomic E-state index is 13.6. The van der Waals surface area contributed by atoms with Crippen LogP contribution in [0.25, 0.3) is 10.2 Å². The van der Waals surface area contributed by atoms with Crippen LogP contribution in [0.4, 0.5) is 15.2 Å². The highest BCUT2D eigenvalue weighted by Gasteiger charge is 2.21. The van der Waals surface area contributed by atoms with Crippen molar-refractivity contribution >= 4 is 44.5 Å². The summed E-state index contributed by atoms with van der Waals surface area (Å²) in [4.78, 5) is 28.0. The monoisotopic (exact) mass is 450 g/mol. The van der Waals surface area contributed by atoms with Crippen molar-refractivity contribution < 1.29 is 18.8 Å². The van der Waals surface area contributed by atoms with Crippen molar-refractivity contribution in [1.82, 2.24) is 4.98 Å². The van der Waals surface area contributed by atoms with Crippen molar-refractivity contribution in [3.63, 3.8) is 0 Å². The van der Waals surface area contributed by atoms with Crippen LogP contribution in [0, 0.1) is 15.9 Å². The predicted molar refractivity (Wildman–Crippen MR) is 120 cm³/mol. The summed E-state index contributed by atoms with van der Waals surface area (Å²) in [7, 11) is 1.50. The summed E-state index contributed by atoms with van der Waals surface area (Å²) >= 11 is 1.11. The Morgan fingerprint density at radius 1 is 1.19 bits per heavy atom. The number of nitrogens with zero attached hydrogens (tertiary/aromatic N) is 4. The van der Waals surface area contributed by atoms with Gasteiger partial charge in [-0.3, -0.25) is 14.9 Å². The molecule has 0 aliphatic carbocycles. The van der Waals surface area contributed by atoms with Crippen molar-refractivity contribution in [2.24, 2.45) is 5.10 Å². The van der Waals surface area contributed by atoms with Gasteiger partial charge < -0.3 is 4.74 Å². The molecular weight excluding hydrogens is 435 g/mol. The molecule has 0 aliphatic rings. The first-order chi connectivity index (χ1) is 15.4. The average Bonchev–Trinajstić information content (AvgIpc) is 3.22. The molecule has 160 valence electrons. The molecule has 0 fully saturated rings. The summed E-state index contributed by atoms with van der Waals surface area (Å²) in [5, 5.41) is 16.5. The van der Waals surface area contributed by atoms with E-state index in [1.54, 1.807) is 24.3 Å². The Morgan fingerprint density at radius 3 is 2.69 bits per heavy atom. The molecule has 0 atom stereocenters. The van der Waals surface area contributed by atoms with E-state index in [4.69, 9.17) is 4.74 Å². The molecule has 0 saturated heterocycles. The first kappa shape index (κ1) is 21.1. The Hall–Kier alpha value is -4.18. The molecule has 0 spiro atoms. The second-order valence-corrected chi connectivity index (χ2v) is 7.56. The molecule has 4 rings (SSSR count). The minimum Gasteiger partial charge on any atom is -0.497 e. The number of anilines is 1. The summed E-state index contributed by atoms with van der Waals surface area (Å²) in [5.74, 6) is -0.379. The second-order valence-electron chi connectivity index (χ2n) is 6.55.